The number of amides is 4. The summed E-state index contributed by atoms with van der Waals surface area (Å²) < 4.78 is 0. The van der Waals surface area contributed by atoms with E-state index in [1.165, 1.54) is 6.92 Å². The fourth-order valence-corrected chi connectivity index (χ4v) is 2.93. The van der Waals surface area contributed by atoms with Crippen LogP contribution in [-0.4, -0.2) is 30.2 Å². The van der Waals surface area contributed by atoms with Crippen LogP contribution in [0, 0.1) is 0 Å². The first-order chi connectivity index (χ1) is 13.4. The van der Waals surface area contributed by atoms with Gasteiger partial charge in [-0.25, -0.2) is 0 Å². The maximum Gasteiger partial charge on any atom is 0.314 e. The van der Waals surface area contributed by atoms with Gasteiger partial charge >= 0.3 is 11.8 Å². The molecule has 0 spiro atoms. The molecule has 4 amide bonds. The Kier molecular flexibility index (Phi) is 5.69. The van der Waals surface area contributed by atoms with Gasteiger partial charge in [-0.2, -0.15) is 0 Å². The number of rotatable bonds is 4. The molecule has 28 heavy (non-hydrogen) atoms. The first-order valence-electron chi connectivity index (χ1n) is 8.83. The van der Waals surface area contributed by atoms with Crippen LogP contribution in [0.4, 0.5) is 22.7 Å². The fourth-order valence-electron chi connectivity index (χ4n) is 2.93. The van der Waals surface area contributed by atoms with Gasteiger partial charge in [0.15, 0.2) is 0 Å². The van der Waals surface area contributed by atoms with Gasteiger partial charge in [0.25, 0.3) is 0 Å². The average Bonchev–Trinajstić information content (AvgIpc) is 3.07. The Bertz CT molecular complexity index is 941. The van der Waals surface area contributed by atoms with E-state index in [2.05, 4.69) is 16.0 Å². The van der Waals surface area contributed by atoms with E-state index in [-0.39, 0.29) is 11.8 Å². The summed E-state index contributed by atoms with van der Waals surface area (Å²) in [5, 5.41) is 7.62. The quantitative estimate of drug-likeness (QED) is 0.708. The molecule has 0 bridgehead atoms. The lowest BCUT2D eigenvalue weighted by molar-refractivity contribution is -0.132. The second-order valence-corrected chi connectivity index (χ2v) is 6.37. The molecule has 0 radical (unpaired) electrons. The van der Waals surface area contributed by atoms with Crippen molar-refractivity contribution < 1.29 is 19.2 Å². The van der Waals surface area contributed by atoms with E-state index < -0.39 is 11.8 Å². The van der Waals surface area contributed by atoms with E-state index in [4.69, 9.17) is 0 Å². The summed E-state index contributed by atoms with van der Waals surface area (Å²) in [6.07, 6.45) is 1.31. The molecule has 144 valence electrons. The average molecular weight is 380 g/mol. The maximum atomic E-state index is 12.2. The largest absolute Gasteiger partial charge is 0.326 e. The Balaban J connectivity index is 1.64. The van der Waals surface area contributed by atoms with E-state index in [0.717, 1.165) is 6.42 Å². The van der Waals surface area contributed by atoms with Gasteiger partial charge < -0.3 is 20.9 Å². The molecule has 8 heteroatoms. The van der Waals surface area contributed by atoms with Crippen molar-refractivity contribution in [1.82, 2.24) is 0 Å². The smallest absolute Gasteiger partial charge is 0.314 e. The highest BCUT2D eigenvalue weighted by Gasteiger charge is 2.22. The first-order valence-corrected chi connectivity index (χ1v) is 8.83. The normalized spacial score (nSPS) is 13.2. The van der Waals surface area contributed by atoms with Crippen molar-refractivity contribution in [3.63, 3.8) is 0 Å². The summed E-state index contributed by atoms with van der Waals surface area (Å²) in [6, 6.07) is 13.3. The Labute approximate surface area is 161 Å². The lowest BCUT2D eigenvalue weighted by Crippen LogP contribution is -2.29. The number of benzene rings is 2. The van der Waals surface area contributed by atoms with Gasteiger partial charge in [0.1, 0.15) is 0 Å². The molecule has 3 N–H and O–H groups in total. The predicted octanol–water partition coefficient (Wildman–Crippen LogP) is 2.35. The van der Waals surface area contributed by atoms with Gasteiger partial charge in [0, 0.05) is 42.6 Å². The predicted molar refractivity (Wildman–Crippen MR) is 106 cm³/mol. The zero-order chi connectivity index (χ0) is 20.1. The summed E-state index contributed by atoms with van der Waals surface area (Å²) in [7, 11) is 0. The van der Waals surface area contributed by atoms with Gasteiger partial charge in [0.05, 0.1) is 0 Å². The lowest BCUT2D eigenvalue weighted by Gasteiger charge is -2.16. The molecule has 0 unspecified atom stereocenters. The SMILES string of the molecule is CC(=O)Nc1cccc(NC(=O)C(=O)Nc2cccc(N3CCCC3=O)c2)c1. The Morgan fingerprint density at radius 2 is 1.43 bits per heavy atom. The summed E-state index contributed by atoms with van der Waals surface area (Å²) in [5.41, 5.74) is 1.99. The van der Waals surface area contributed by atoms with E-state index in [1.54, 1.807) is 53.4 Å². The number of anilines is 4. The maximum absolute atomic E-state index is 12.2. The Morgan fingerprint density at radius 3 is 2.00 bits per heavy atom. The Morgan fingerprint density at radius 1 is 0.857 bits per heavy atom. The second kappa shape index (κ2) is 8.34. The topological polar surface area (TPSA) is 108 Å². The minimum absolute atomic E-state index is 0.0419. The highest BCUT2D eigenvalue weighted by atomic mass is 16.2. The number of hydrogen-bond acceptors (Lipinski definition) is 4. The molecule has 1 aliphatic heterocycles. The molecular weight excluding hydrogens is 360 g/mol. The number of carbonyl (C=O) groups excluding carboxylic acids is 4. The summed E-state index contributed by atoms with van der Waals surface area (Å²) in [5.74, 6) is -1.88. The first kappa shape index (κ1) is 19.1. The van der Waals surface area contributed by atoms with Crippen molar-refractivity contribution in [3.8, 4) is 0 Å². The summed E-state index contributed by atoms with van der Waals surface area (Å²) in [6.45, 7) is 2.02. The molecule has 1 heterocycles. The van der Waals surface area contributed by atoms with Crippen LogP contribution in [0.3, 0.4) is 0 Å². The van der Waals surface area contributed by atoms with Gasteiger partial charge in [-0.3, -0.25) is 19.2 Å². The number of nitrogens with zero attached hydrogens (tertiary/aromatic N) is 1. The highest BCUT2D eigenvalue weighted by Crippen LogP contribution is 2.24. The third-order valence-electron chi connectivity index (χ3n) is 4.14. The molecule has 2 aromatic carbocycles. The van der Waals surface area contributed by atoms with Crippen LogP contribution in [0.25, 0.3) is 0 Å². The third-order valence-corrected chi connectivity index (χ3v) is 4.14. The molecule has 1 fully saturated rings. The van der Waals surface area contributed by atoms with Crippen molar-refractivity contribution in [3.05, 3.63) is 48.5 Å². The summed E-state index contributed by atoms with van der Waals surface area (Å²) in [4.78, 5) is 49.0. The molecule has 1 saturated heterocycles. The van der Waals surface area contributed by atoms with Crippen LogP contribution in [-0.2, 0) is 19.2 Å². The van der Waals surface area contributed by atoms with Crippen LogP contribution in [0.15, 0.2) is 48.5 Å². The molecule has 3 rings (SSSR count). The van der Waals surface area contributed by atoms with Crippen molar-refractivity contribution in [2.45, 2.75) is 19.8 Å². The molecule has 0 aliphatic carbocycles. The van der Waals surface area contributed by atoms with Crippen molar-refractivity contribution in [2.24, 2.45) is 0 Å². The van der Waals surface area contributed by atoms with Crippen LogP contribution in [0.5, 0.6) is 0 Å². The molecular formula is C20H20N4O4. The minimum Gasteiger partial charge on any atom is -0.326 e. The standard InChI is InChI=1S/C20H20N4O4/c1-13(25)21-14-5-2-6-15(11-14)22-19(27)20(28)23-16-7-3-8-17(12-16)24-10-4-9-18(24)26/h2-3,5-8,11-12H,4,9-10H2,1H3,(H,21,25)(H,22,27)(H,23,28). The number of carbonyl (C=O) groups is 4. The van der Waals surface area contributed by atoms with Gasteiger partial charge in [-0.1, -0.05) is 12.1 Å². The highest BCUT2D eigenvalue weighted by molar-refractivity contribution is 6.43. The van der Waals surface area contributed by atoms with E-state index in [9.17, 15) is 19.2 Å². The third kappa shape index (κ3) is 4.73. The molecule has 8 nitrogen and oxygen atoms in total. The van der Waals surface area contributed by atoms with Gasteiger partial charge in [-0.15, -0.1) is 0 Å². The van der Waals surface area contributed by atoms with E-state index in [1.807, 2.05) is 0 Å². The molecule has 2 aromatic rings. The minimum atomic E-state index is -0.845. The number of nitrogens with one attached hydrogen (secondary N) is 3. The van der Waals surface area contributed by atoms with Crippen molar-refractivity contribution >= 4 is 46.4 Å². The number of hydrogen-bond donors (Lipinski definition) is 3. The van der Waals surface area contributed by atoms with Gasteiger partial charge in [-0.05, 0) is 42.8 Å². The molecule has 0 atom stereocenters. The van der Waals surface area contributed by atoms with Crippen LogP contribution < -0.4 is 20.9 Å². The summed E-state index contributed by atoms with van der Waals surface area (Å²) >= 11 is 0. The zero-order valence-electron chi connectivity index (χ0n) is 15.3. The fraction of sp³-hybridized carbons (Fsp3) is 0.200. The molecule has 0 saturated carbocycles. The van der Waals surface area contributed by atoms with E-state index in [0.29, 0.717) is 35.7 Å². The van der Waals surface area contributed by atoms with Crippen molar-refractivity contribution in [2.75, 3.05) is 27.4 Å². The lowest BCUT2D eigenvalue weighted by atomic mass is 10.2. The second-order valence-electron chi connectivity index (χ2n) is 6.37. The van der Waals surface area contributed by atoms with Crippen molar-refractivity contribution in [1.29, 1.82) is 0 Å². The van der Waals surface area contributed by atoms with Crippen LogP contribution >= 0.6 is 0 Å². The Hall–Kier alpha value is -3.68. The van der Waals surface area contributed by atoms with Crippen LogP contribution in [0.1, 0.15) is 19.8 Å². The monoisotopic (exact) mass is 380 g/mol. The van der Waals surface area contributed by atoms with Gasteiger partial charge in [0.2, 0.25) is 11.8 Å². The van der Waals surface area contributed by atoms with Crippen LogP contribution in [0.2, 0.25) is 0 Å². The molecule has 0 aromatic heterocycles. The zero-order valence-corrected chi connectivity index (χ0v) is 15.3. The molecule has 1 aliphatic rings. The van der Waals surface area contributed by atoms with E-state index >= 15 is 0 Å².